The summed E-state index contributed by atoms with van der Waals surface area (Å²) in [5, 5.41) is 5.22. The zero-order valence-corrected chi connectivity index (χ0v) is 20.6. The molecule has 1 aliphatic heterocycles. The van der Waals surface area contributed by atoms with E-state index >= 15 is 0 Å². The number of anilines is 1. The lowest BCUT2D eigenvalue weighted by Gasteiger charge is -2.35. The van der Waals surface area contributed by atoms with Crippen LogP contribution in [0.5, 0.6) is 11.5 Å². The second-order valence-corrected chi connectivity index (χ2v) is 9.59. The number of likely N-dealkylation sites (tertiary alicyclic amines) is 1. The lowest BCUT2D eigenvalue weighted by Crippen LogP contribution is -2.42. The monoisotopic (exact) mass is 479 g/mol. The normalized spacial score (nSPS) is 17.8. The average Bonchev–Trinajstić information content (AvgIpc) is 3.33. The Hall–Kier alpha value is -3.39. The highest BCUT2D eigenvalue weighted by atomic mass is 32.1. The third-order valence-corrected chi connectivity index (χ3v) is 6.81. The first-order valence-electron chi connectivity index (χ1n) is 11.3. The first-order chi connectivity index (χ1) is 16.4. The number of carbonyl (C=O) groups is 2. The number of carbonyl (C=O) groups excluding carboxylic acids is 2. The number of rotatable bonds is 6. The summed E-state index contributed by atoms with van der Waals surface area (Å²) in [6.45, 7) is 5.79. The Morgan fingerprint density at radius 2 is 1.76 bits per heavy atom. The van der Waals surface area contributed by atoms with E-state index in [0.717, 1.165) is 25.1 Å². The molecule has 7 nitrogen and oxygen atoms in total. The molecule has 0 bridgehead atoms. The lowest BCUT2D eigenvalue weighted by atomic mass is 9.91. The molecule has 1 fully saturated rings. The number of thiazole rings is 1. The smallest absolute Gasteiger partial charge is 0.275 e. The van der Waals surface area contributed by atoms with Crippen LogP contribution in [0.3, 0.4) is 0 Å². The topological polar surface area (TPSA) is 80.8 Å². The minimum atomic E-state index is -0.370. The number of para-hydroxylation sites is 2. The minimum Gasteiger partial charge on any atom is -0.493 e. The molecule has 3 aromatic rings. The highest BCUT2D eigenvalue weighted by molar-refractivity contribution is 7.13. The van der Waals surface area contributed by atoms with Crippen molar-refractivity contribution in [2.24, 2.45) is 11.8 Å². The van der Waals surface area contributed by atoms with Gasteiger partial charge in [0.05, 0.1) is 31.0 Å². The van der Waals surface area contributed by atoms with Gasteiger partial charge < -0.3 is 19.7 Å². The molecule has 1 aromatic heterocycles. The molecular formula is C26H29N3O4S. The first kappa shape index (κ1) is 23.8. The van der Waals surface area contributed by atoms with Crippen LogP contribution in [0.4, 0.5) is 5.69 Å². The van der Waals surface area contributed by atoms with E-state index in [-0.39, 0.29) is 17.5 Å². The number of ether oxygens (including phenoxy) is 2. The van der Waals surface area contributed by atoms with E-state index in [1.165, 1.54) is 11.3 Å². The number of piperidine rings is 1. The van der Waals surface area contributed by atoms with E-state index in [1.807, 2.05) is 23.1 Å². The Morgan fingerprint density at radius 3 is 2.47 bits per heavy atom. The number of benzene rings is 2. The Labute approximate surface area is 203 Å². The van der Waals surface area contributed by atoms with E-state index in [9.17, 15) is 9.59 Å². The first-order valence-corrected chi connectivity index (χ1v) is 12.2. The van der Waals surface area contributed by atoms with Crippen LogP contribution < -0.4 is 14.8 Å². The fourth-order valence-corrected chi connectivity index (χ4v) is 5.34. The highest BCUT2D eigenvalue weighted by Gasteiger charge is 2.28. The number of hydrogen-bond acceptors (Lipinski definition) is 6. The second-order valence-electron chi connectivity index (χ2n) is 8.73. The zero-order valence-electron chi connectivity index (χ0n) is 19.8. The molecule has 2 amide bonds. The summed E-state index contributed by atoms with van der Waals surface area (Å²) in [6.07, 6.45) is 1.12. The van der Waals surface area contributed by atoms with Gasteiger partial charge in [-0.1, -0.05) is 32.0 Å². The van der Waals surface area contributed by atoms with E-state index < -0.39 is 0 Å². The molecule has 2 unspecified atom stereocenters. The Bertz CT molecular complexity index is 1180. The number of hydrogen-bond donors (Lipinski definition) is 1. The van der Waals surface area contributed by atoms with Gasteiger partial charge in [-0.05, 0) is 42.5 Å². The van der Waals surface area contributed by atoms with Gasteiger partial charge in [0.15, 0.2) is 11.5 Å². The highest BCUT2D eigenvalue weighted by Crippen LogP contribution is 2.39. The van der Waals surface area contributed by atoms with Crippen molar-refractivity contribution in [2.45, 2.75) is 20.3 Å². The van der Waals surface area contributed by atoms with Crippen molar-refractivity contribution in [1.82, 2.24) is 9.88 Å². The van der Waals surface area contributed by atoms with Crippen LogP contribution in [0.15, 0.2) is 47.8 Å². The van der Waals surface area contributed by atoms with Crippen molar-refractivity contribution >= 4 is 28.8 Å². The molecule has 0 saturated carbocycles. The van der Waals surface area contributed by atoms with Crippen LogP contribution in [-0.2, 0) is 0 Å². The molecule has 0 spiro atoms. The van der Waals surface area contributed by atoms with E-state index in [2.05, 4.69) is 24.1 Å². The molecule has 2 aromatic carbocycles. The fraction of sp³-hybridized carbons (Fsp3) is 0.346. The SMILES string of the molecule is COc1cccc(-c2nc(C(=O)Nc3ccccc3C(=O)N3CC(C)CC(C)C3)cs2)c1OC. The summed E-state index contributed by atoms with van der Waals surface area (Å²) in [7, 11) is 3.15. The average molecular weight is 480 g/mol. The number of amides is 2. The standard InChI is InChI=1S/C26H29N3O4S/c1-16-12-17(2)14-29(13-16)26(31)18-8-5-6-10-20(18)27-24(30)21-15-34-25(28-21)19-9-7-11-22(32-3)23(19)33-4/h5-11,15-17H,12-14H2,1-4H3,(H,27,30). The molecule has 34 heavy (non-hydrogen) atoms. The number of aromatic nitrogens is 1. The predicted octanol–water partition coefficient (Wildman–Crippen LogP) is 5.20. The molecule has 0 aliphatic carbocycles. The van der Waals surface area contributed by atoms with Gasteiger partial charge in [-0.3, -0.25) is 9.59 Å². The Kier molecular flexibility index (Phi) is 7.17. The predicted molar refractivity (Wildman–Crippen MR) is 134 cm³/mol. The molecule has 178 valence electrons. The van der Waals surface area contributed by atoms with Gasteiger partial charge in [0.1, 0.15) is 10.7 Å². The third-order valence-electron chi connectivity index (χ3n) is 5.93. The van der Waals surface area contributed by atoms with Crippen LogP contribution in [0.1, 0.15) is 41.1 Å². The van der Waals surface area contributed by atoms with E-state index in [0.29, 0.717) is 39.6 Å². The molecule has 1 saturated heterocycles. The molecule has 1 aliphatic rings. The van der Waals surface area contributed by atoms with Gasteiger partial charge in [-0.2, -0.15) is 0 Å². The van der Waals surface area contributed by atoms with Crippen LogP contribution in [0.25, 0.3) is 10.6 Å². The number of nitrogens with zero attached hydrogens (tertiary/aromatic N) is 2. The van der Waals surface area contributed by atoms with Crippen molar-refractivity contribution in [1.29, 1.82) is 0 Å². The van der Waals surface area contributed by atoms with Gasteiger partial charge in [-0.25, -0.2) is 4.98 Å². The molecule has 4 rings (SSSR count). The van der Waals surface area contributed by atoms with Crippen LogP contribution in [0, 0.1) is 11.8 Å². The second kappa shape index (κ2) is 10.3. The van der Waals surface area contributed by atoms with Gasteiger partial charge in [-0.15, -0.1) is 11.3 Å². The summed E-state index contributed by atoms with van der Waals surface area (Å²) in [5.74, 6) is 1.63. The van der Waals surface area contributed by atoms with Gasteiger partial charge in [0.2, 0.25) is 0 Å². The lowest BCUT2D eigenvalue weighted by molar-refractivity contribution is 0.0624. The van der Waals surface area contributed by atoms with Gasteiger partial charge >= 0.3 is 0 Å². The van der Waals surface area contributed by atoms with Crippen molar-refractivity contribution in [3.05, 3.63) is 59.1 Å². The minimum absolute atomic E-state index is 0.0608. The van der Waals surface area contributed by atoms with Crippen molar-refractivity contribution in [3.63, 3.8) is 0 Å². The Morgan fingerprint density at radius 1 is 1.03 bits per heavy atom. The molecule has 8 heteroatoms. The molecular weight excluding hydrogens is 450 g/mol. The van der Waals surface area contributed by atoms with Crippen LogP contribution in [0.2, 0.25) is 0 Å². The zero-order chi connectivity index (χ0) is 24.2. The van der Waals surface area contributed by atoms with E-state index in [4.69, 9.17) is 9.47 Å². The third kappa shape index (κ3) is 4.92. The summed E-state index contributed by atoms with van der Waals surface area (Å²) in [6, 6.07) is 12.7. The molecule has 2 heterocycles. The number of methoxy groups -OCH3 is 2. The molecule has 1 N–H and O–H groups in total. The maximum Gasteiger partial charge on any atom is 0.275 e. The largest absolute Gasteiger partial charge is 0.493 e. The van der Waals surface area contributed by atoms with Gasteiger partial charge in [0.25, 0.3) is 11.8 Å². The summed E-state index contributed by atoms with van der Waals surface area (Å²) in [5.41, 5.74) is 1.99. The Balaban J connectivity index is 1.55. The summed E-state index contributed by atoms with van der Waals surface area (Å²) < 4.78 is 10.9. The van der Waals surface area contributed by atoms with Crippen molar-refractivity contribution < 1.29 is 19.1 Å². The summed E-state index contributed by atoms with van der Waals surface area (Å²) in [4.78, 5) is 32.7. The van der Waals surface area contributed by atoms with E-state index in [1.54, 1.807) is 43.9 Å². The maximum atomic E-state index is 13.3. The van der Waals surface area contributed by atoms with Crippen molar-refractivity contribution in [3.8, 4) is 22.1 Å². The maximum absolute atomic E-state index is 13.3. The number of nitrogens with one attached hydrogen (secondary N) is 1. The van der Waals surface area contributed by atoms with Crippen molar-refractivity contribution in [2.75, 3.05) is 32.6 Å². The molecule has 2 atom stereocenters. The van der Waals surface area contributed by atoms with Crippen LogP contribution in [-0.4, -0.2) is 49.0 Å². The quantitative estimate of drug-likeness (QED) is 0.526. The van der Waals surface area contributed by atoms with Crippen LogP contribution >= 0.6 is 11.3 Å². The summed E-state index contributed by atoms with van der Waals surface area (Å²) >= 11 is 1.34. The fourth-order valence-electron chi connectivity index (χ4n) is 4.52. The van der Waals surface area contributed by atoms with Gasteiger partial charge in [0, 0.05) is 18.5 Å². The molecule has 0 radical (unpaired) electrons.